The number of aromatic nitrogens is 2. The predicted octanol–water partition coefficient (Wildman–Crippen LogP) is 5.40. The number of rotatable bonds is 9. The molecule has 1 aliphatic rings. The molecule has 1 fully saturated rings. The molecule has 1 heterocycles. The van der Waals surface area contributed by atoms with E-state index in [0.29, 0.717) is 19.3 Å². The first-order valence-electron chi connectivity index (χ1n) is 13.3. The molecule has 1 aliphatic carbocycles. The summed E-state index contributed by atoms with van der Waals surface area (Å²) in [7, 11) is 0. The highest BCUT2D eigenvalue weighted by molar-refractivity contribution is 5.81. The molecule has 3 N–H and O–H groups in total. The quantitative estimate of drug-likeness (QED) is 0.326. The molecule has 192 valence electrons. The minimum absolute atomic E-state index is 0.0659. The van der Waals surface area contributed by atoms with Gasteiger partial charge in [-0.05, 0) is 62.3 Å². The second kappa shape index (κ2) is 10.8. The SMILES string of the molecule is C[C@@H](CC1(C(N)=O)CCC(n2c(=O)[nH]c3ccccc32)CC1)N(Cc1ccccc1)Cc1ccccc1. The van der Waals surface area contributed by atoms with Gasteiger partial charge in [-0.25, -0.2) is 4.79 Å². The van der Waals surface area contributed by atoms with Crippen molar-refractivity contribution in [2.75, 3.05) is 0 Å². The molecule has 0 radical (unpaired) electrons. The molecule has 1 saturated carbocycles. The van der Waals surface area contributed by atoms with E-state index < -0.39 is 5.41 Å². The fourth-order valence-corrected chi connectivity index (χ4v) is 6.10. The Bertz CT molecular complexity index is 1340. The van der Waals surface area contributed by atoms with E-state index in [1.165, 1.54) is 11.1 Å². The van der Waals surface area contributed by atoms with E-state index in [9.17, 15) is 9.59 Å². The van der Waals surface area contributed by atoms with Crippen molar-refractivity contribution < 1.29 is 4.79 Å². The largest absolute Gasteiger partial charge is 0.369 e. The molecule has 0 aliphatic heterocycles. The van der Waals surface area contributed by atoms with Crippen molar-refractivity contribution in [3.05, 3.63) is 107 Å². The van der Waals surface area contributed by atoms with E-state index in [1.54, 1.807) is 0 Å². The third-order valence-corrected chi connectivity index (χ3v) is 8.19. The third kappa shape index (κ3) is 5.39. The van der Waals surface area contributed by atoms with Crippen molar-refractivity contribution in [1.29, 1.82) is 0 Å². The smallest absolute Gasteiger partial charge is 0.326 e. The van der Waals surface area contributed by atoms with Gasteiger partial charge in [-0.2, -0.15) is 0 Å². The highest BCUT2D eigenvalue weighted by Gasteiger charge is 2.43. The van der Waals surface area contributed by atoms with Crippen molar-refractivity contribution in [2.24, 2.45) is 11.1 Å². The highest BCUT2D eigenvalue weighted by Crippen LogP contribution is 2.45. The molecule has 0 unspecified atom stereocenters. The van der Waals surface area contributed by atoms with Gasteiger partial charge in [0.05, 0.1) is 16.4 Å². The molecular weight excluding hydrogens is 460 g/mol. The molecular formula is C31H36N4O2. The lowest BCUT2D eigenvalue weighted by Gasteiger charge is -2.42. The number of nitrogens with one attached hydrogen (secondary N) is 1. The van der Waals surface area contributed by atoms with E-state index in [4.69, 9.17) is 5.73 Å². The van der Waals surface area contributed by atoms with Gasteiger partial charge in [0.15, 0.2) is 0 Å². The fourth-order valence-electron chi connectivity index (χ4n) is 6.10. The molecule has 3 aromatic carbocycles. The molecule has 0 saturated heterocycles. The lowest BCUT2D eigenvalue weighted by molar-refractivity contribution is -0.131. The lowest BCUT2D eigenvalue weighted by Crippen LogP contribution is -2.46. The van der Waals surface area contributed by atoms with Crippen LogP contribution in [-0.4, -0.2) is 26.4 Å². The average Bonchev–Trinajstić information content (AvgIpc) is 3.25. The minimum atomic E-state index is -0.572. The Hall–Kier alpha value is -3.64. The van der Waals surface area contributed by atoms with Crippen LogP contribution in [0.4, 0.5) is 0 Å². The first kappa shape index (κ1) is 25.0. The van der Waals surface area contributed by atoms with Crippen LogP contribution in [0.1, 0.15) is 56.2 Å². The number of nitrogens with two attached hydrogens (primary N) is 1. The predicted molar refractivity (Wildman–Crippen MR) is 148 cm³/mol. The van der Waals surface area contributed by atoms with Crippen molar-refractivity contribution >= 4 is 16.9 Å². The van der Waals surface area contributed by atoms with Crippen LogP contribution < -0.4 is 11.4 Å². The van der Waals surface area contributed by atoms with E-state index >= 15 is 0 Å². The summed E-state index contributed by atoms with van der Waals surface area (Å²) < 4.78 is 1.88. The summed E-state index contributed by atoms with van der Waals surface area (Å²) >= 11 is 0. The number of H-pyrrole nitrogens is 1. The first-order valence-corrected chi connectivity index (χ1v) is 13.3. The van der Waals surface area contributed by atoms with Gasteiger partial charge in [0.1, 0.15) is 0 Å². The molecule has 4 aromatic rings. The van der Waals surface area contributed by atoms with Gasteiger partial charge in [0.25, 0.3) is 0 Å². The van der Waals surface area contributed by atoms with E-state index in [1.807, 2.05) is 41.0 Å². The Morgan fingerprint density at radius 1 is 0.946 bits per heavy atom. The molecule has 0 bridgehead atoms. The summed E-state index contributed by atoms with van der Waals surface area (Å²) in [6, 6.07) is 29.0. The highest BCUT2D eigenvalue weighted by atomic mass is 16.1. The number of aromatic amines is 1. The van der Waals surface area contributed by atoms with Crippen molar-refractivity contribution in [3.63, 3.8) is 0 Å². The monoisotopic (exact) mass is 496 g/mol. The summed E-state index contributed by atoms with van der Waals surface area (Å²) in [5.74, 6) is -0.219. The second-order valence-corrected chi connectivity index (χ2v) is 10.6. The molecule has 1 aromatic heterocycles. The Morgan fingerprint density at radius 2 is 1.49 bits per heavy atom. The van der Waals surface area contributed by atoms with Crippen LogP contribution in [0.5, 0.6) is 0 Å². The van der Waals surface area contributed by atoms with Gasteiger partial charge < -0.3 is 10.7 Å². The number of hydrogen-bond donors (Lipinski definition) is 2. The van der Waals surface area contributed by atoms with E-state index in [-0.39, 0.29) is 23.7 Å². The number of benzene rings is 3. The Morgan fingerprint density at radius 3 is 2.05 bits per heavy atom. The summed E-state index contributed by atoms with van der Waals surface area (Å²) in [5.41, 5.74) is 9.73. The standard InChI is InChI=1S/C31H36N4O2/c1-23(34(21-24-10-4-2-5-11-24)22-25-12-6-3-7-13-25)20-31(29(32)36)18-16-26(17-19-31)35-28-15-9-8-14-27(28)33-30(35)37/h2-15,23,26H,16-22H2,1H3,(H2,32,36)(H,33,37)/t23-,26?,31?/m0/s1. The van der Waals surface area contributed by atoms with Crippen LogP contribution in [0, 0.1) is 5.41 Å². The third-order valence-electron chi connectivity index (χ3n) is 8.19. The summed E-state index contributed by atoms with van der Waals surface area (Å²) in [4.78, 5) is 31.1. The maximum Gasteiger partial charge on any atom is 0.326 e. The van der Waals surface area contributed by atoms with Gasteiger partial charge in [0, 0.05) is 25.2 Å². The number of fused-ring (bicyclic) bond motifs is 1. The number of carbonyl (C=O) groups is 1. The van der Waals surface area contributed by atoms with Gasteiger partial charge >= 0.3 is 5.69 Å². The summed E-state index contributed by atoms with van der Waals surface area (Å²) in [6.45, 7) is 3.82. The summed E-state index contributed by atoms with van der Waals surface area (Å²) in [5, 5.41) is 0. The van der Waals surface area contributed by atoms with Crippen LogP contribution in [0.15, 0.2) is 89.7 Å². The van der Waals surface area contributed by atoms with Crippen LogP contribution in [0.3, 0.4) is 0 Å². The zero-order chi connectivity index (χ0) is 25.8. The number of hydrogen-bond acceptors (Lipinski definition) is 3. The Kier molecular flexibility index (Phi) is 7.28. The van der Waals surface area contributed by atoms with Crippen LogP contribution in [0.2, 0.25) is 0 Å². The van der Waals surface area contributed by atoms with E-state index in [0.717, 1.165) is 37.0 Å². The van der Waals surface area contributed by atoms with Crippen molar-refractivity contribution in [3.8, 4) is 0 Å². The second-order valence-electron chi connectivity index (χ2n) is 10.6. The number of primary amides is 1. The Labute approximate surface area is 218 Å². The average molecular weight is 497 g/mol. The first-order chi connectivity index (χ1) is 17.9. The van der Waals surface area contributed by atoms with Crippen LogP contribution in [0.25, 0.3) is 11.0 Å². The summed E-state index contributed by atoms with van der Waals surface area (Å²) in [6.07, 6.45) is 3.60. The Balaban J connectivity index is 1.35. The molecule has 6 heteroatoms. The van der Waals surface area contributed by atoms with Crippen LogP contribution >= 0.6 is 0 Å². The van der Waals surface area contributed by atoms with Crippen molar-refractivity contribution in [2.45, 2.75) is 64.2 Å². The number of amides is 1. The number of nitrogens with zero attached hydrogens (tertiary/aromatic N) is 2. The topological polar surface area (TPSA) is 84.1 Å². The molecule has 5 rings (SSSR count). The maximum atomic E-state index is 13.0. The fraction of sp³-hybridized carbons (Fsp3) is 0.355. The van der Waals surface area contributed by atoms with Gasteiger partial charge in [-0.1, -0.05) is 72.8 Å². The number of carbonyl (C=O) groups excluding carboxylic acids is 1. The molecule has 1 amide bonds. The number of imidazole rings is 1. The molecule has 37 heavy (non-hydrogen) atoms. The maximum absolute atomic E-state index is 13.0. The lowest BCUT2D eigenvalue weighted by atomic mass is 9.68. The molecule has 0 spiro atoms. The van der Waals surface area contributed by atoms with Gasteiger partial charge in [0.2, 0.25) is 5.91 Å². The minimum Gasteiger partial charge on any atom is -0.369 e. The van der Waals surface area contributed by atoms with Crippen molar-refractivity contribution in [1.82, 2.24) is 14.5 Å². The van der Waals surface area contributed by atoms with E-state index in [2.05, 4.69) is 65.3 Å². The molecule has 6 nitrogen and oxygen atoms in total. The zero-order valence-corrected chi connectivity index (χ0v) is 21.5. The normalized spacial score (nSPS) is 20.8. The zero-order valence-electron chi connectivity index (χ0n) is 21.5. The van der Waals surface area contributed by atoms with Gasteiger partial charge in [-0.15, -0.1) is 0 Å². The number of para-hydroxylation sites is 2. The van der Waals surface area contributed by atoms with Gasteiger partial charge in [-0.3, -0.25) is 14.3 Å². The molecule has 1 atom stereocenters. The van der Waals surface area contributed by atoms with Crippen LogP contribution in [-0.2, 0) is 17.9 Å².